The summed E-state index contributed by atoms with van der Waals surface area (Å²) in [4.78, 5) is 2.30. The van der Waals surface area contributed by atoms with E-state index in [2.05, 4.69) is 11.0 Å². The Morgan fingerprint density at radius 3 is 2.88 bits per heavy atom. The first-order valence-electron chi connectivity index (χ1n) is 5.95. The first-order chi connectivity index (χ1) is 7.83. The highest BCUT2D eigenvalue weighted by Crippen LogP contribution is 2.33. The molecule has 1 heterocycles. The lowest BCUT2D eigenvalue weighted by Gasteiger charge is -2.33. The minimum absolute atomic E-state index is 0.262. The molecule has 2 N–H and O–H groups in total. The summed E-state index contributed by atoms with van der Waals surface area (Å²) in [7, 11) is 0. The summed E-state index contributed by atoms with van der Waals surface area (Å²) in [6.45, 7) is 2.13. The molecule has 0 fully saturated rings. The summed E-state index contributed by atoms with van der Waals surface area (Å²) in [5.41, 5.74) is 2.19. The number of nitrogens with zero attached hydrogens (tertiary/aromatic N) is 1. The zero-order valence-electron chi connectivity index (χ0n) is 9.47. The molecule has 0 amide bonds. The van der Waals surface area contributed by atoms with Crippen molar-refractivity contribution in [3.63, 3.8) is 0 Å². The van der Waals surface area contributed by atoms with E-state index >= 15 is 0 Å². The van der Waals surface area contributed by atoms with E-state index in [0.717, 1.165) is 43.6 Å². The van der Waals surface area contributed by atoms with Crippen molar-refractivity contribution in [3.8, 4) is 0 Å². The molecule has 1 aliphatic heterocycles. The number of aliphatic hydroxyl groups is 2. The van der Waals surface area contributed by atoms with Gasteiger partial charge in [-0.3, -0.25) is 0 Å². The number of unbranched alkanes of at least 4 members (excludes halogenated alkanes) is 1. The van der Waals surface area contributed by atoms with Crippen LogP contribution in [0.25, 0.3) is 0 Å². The molecule has 0 spiro atoms. The quantitative estimate of drug-likeness (QED) is 0.761. The fourth-order valence-electron chi connectivity index (χ4n) is 2.26. The molecule has 1 aromatic carbocycles. The van der Waals surface area contributed by atoms with Gasteiger partial charge < -0.3 is 15.1 Å². The first kappa shape index (κ1) is 11.4. The normalized spacial score (nSPS) is 19.6. The topological polar surface area (TPSA) is 43.7 Å². The number of hydrogen-bond acceptors (Lipinski definition) is 3. The first-order valence-corrected chi connectivity index (χ1v) is 5.95. The number of rotatable bonds is 4. The Kier molecular flexibility index (Phi) is 3.80. The van der Waals surface area contributed by atoms with Crippen LogP contribution in [0, 0.1) is 0 Å². The van der Waals surface area contributed by atoms with Crippen LogP contribution in [-0.2, 0) is 0 Å². The Morgan fingerprint density at radius 1 is 1.25 bits per heavy atom. The number of benzene rings is 1. The smallest absolute Gasteiger partial charge is 0.0826 e. The zero-order valence-corrected chi connectivity index (χ0v) is 9.47. The van der Waals surface area contributed by atoms with Crippen LogP contribution < -0.4 is 4.90 Å². The number of fused-ring (bicyclic) bond motifs is 1. The number of hydrogen-bond donors (Lipinski definition) is 2. The predicted molar refractivity (Wildman–Crippen MR) is 64.6 cm³/mol. The van der Waals surface area contributed by atoms with E-state index in [0.29, 0.717) is 0 Å². The Labute approximate surface area is 96.3 Å². The van der Waals surface area contributed by atoms with Crippen molar-refractivity contribution in [2.45, 2.75) is 25.4 Å². The highest BCUT2D eigenvalue weighted by Gasteiger charge is 2.22. The zero-order chi connectivity index (χ0) is 11.4. The maximum Gasteiger partial charge on any atom is 0.0826 e. The van der Waals surface area contributed by atoms with Crippen molar-refractivity contribution >= 4 is 5.69 Å². The second-order valence-electron chi connectivity index (χ2n) is 4.28. The second kappa shape index (κ2) is 5.32. The van der Waals surface area contributed by atoms with Crippen LogP contribution in [-0.4, -0.2) is 29.9 Å². The van der Waals surface area contributed by atoms with Crippen LogP contribution in [0.1, 0.15) is 30.9 Å². The highest BCUT2D eigenvalue weighted by atomic mass is 16.3. The van der Waals surface area contributed by atoms with Gasteiger partial charge in [-0.05, 0) is 25.3 Å². The van der Waals surface area contributed by atoms with Gasteiger partial charge in [0.2, 0.25) is 0 Å². The van der Waals surface area contributed by atoms with Gasteiger partial charge in [0.15, 0.2) is 0 Å². The molecule has 1 unspecified atom stereocenters. The molecule has 88 valence electrons. The maximum absolute atomic E-state index is 9.88. The van der Waals surface area contributed by atoms with Gasteiger partial charge in [-0.25, -0.2) is 0 Å². The lowest BCUT2D eigenvalue weighted by Crippen LogP contribution is -2.32. The Morgan fingerprint density at radius 2 is 2.06 bits per heavy atom. The predicted octanol–water partition coefficient (Wildman–Crippen LogP) is 1.70. The summed E-state index contributed by atoms with van der Waals surface area (Å²) in [5, 5.41) is 18.7. The fraction of sp³-hybridized carbons (Fsp3) is 0.538. The van der Waals surface area contributed by atoms with Crippen molar-refractivity contribution < 1.29 is 10.2 Å². The SMILES string of the molecule is OCCCCN1CCC(O)c2ccccc21. The molecule has 3 nitrogen and oxygen atoms in total. The van der Waals surface area contributed by atoms with E-state index in [-0.39, 0.29) is 12.7 Å². The van der Waals surface area contributed by atoms with Crippen molar-refractivity contribution in [1.82, 2.24) is 0 Å². The van der Waals surface area contributed by atoms with Gasteiger partial charge in [-0.15, -0.1) is 0 Å². The molecule has 0 radical (unpaired) electrons. The largest absolute Gasteiger partial charge is 0.396 e. The van der Waals surface area contributed by atoms with Gasteiger partial charge in [-0.1, -0.05) is 18.2 Å². The fourth-order valence-corrected chi connectivity index (χ4v) is 2.26. The Hall–Kier alpha value is -1.06. The van der Waals surface area contributed by atoms with E-state index in [9.17, 15) is 5.11 Å². The number of aliphatic hydroxyl groups excluding tert-OH is 2. The molecule has 0 aromatic heterocycles. The third kappa shape index (κ3) is 2.36. The van der Waals surface area contributed by atoms with Crippen LogP contribution in [0.2, 0.25) is 0 Å². The van der Waals surface area contributed by atoms with Crippen LogP contribution >= 0.6 is 0 Å². The molecular formula is C13H19NO2. The molecule has 0 aliphatic carbocycles. The third-order valence-electron chi connectivity index (χ3n) is 3.15. The lowest BCUT2D eigenvalue weighted by atomic mass is 9.98. The molecule has 1 aromatic rings. The van der Waals surface area contributed by atoms with E-state index in [4.69, 9.17) is 5.11 Å². The van der Waals surface area contributed by atoms with Gasteiger partial charge in [0.05, 0.1) is 6.10 Å². The van der Waals surface area contributed by atoms with Crippen molar-refractivity contribution in [1.29, 1.82) is 0 Å². The molecule has 0 saturated carbocycles. The maximum atomic E-state index is 9.88. The van der Waals surface area contributed by atoms with E-state index in [1.54, 1.807) is 0 Å². The van der Waals surface area contributed by atoms with Crippen molar-refractivity contribution in [3.05, 3.63) is 29.8 Å². The minimum Gasteiger partial charge on any atom is -0.396 e. The average molecular weight is 221 g/mol. The second-order valence-corrected chi connectivity index (χ2v) is 4.28. The summed E-state index contributed by atoms with van der Waals surface area (Å²) in [5.74, 6) is 0. The molecule has 0 bridgehead atoms. The van der Waals surface area contributed by atoms with E-state index in [1.165, 1.54) is 0 Å². The molecule has 3 heteroatoms. The van der Waals surface area contributed by atoms with Gasteiger partial charge >= 0.3 is 0 Å². The Balaban J connectivity index is 2.09. The van der Waals surface area contributed by atoms with Crippen LogP contribution in [0.4, 0.5) is 5.69 Å². The summed E-state index contributed by atoms with van der Waals surface area (Å²) < 4.78 is 0. The lowest BCUT2D eigenvalue weighted by molar-refractivity contribution is 0.164. The number of para-hydroxylation sites is 1. The van der Waals surface area contributed by atoms with E-state index < -0.39 is 0 Å². The highest BCUT2D eigenvalue weighted by molar-refractivity contribution is 5.56. The third-order valence-corrected chi connectivity index (χ3v) is 3.15. The van der Waals surface area contributed by atoms with Crippen LogP contribution in [0.3, 0.4) is 0 Å². The molecular weight excluding hydrogens is 202 g/mol. The van der Waals surface area contributed by atoms with Crippen LogP contribution in [0.5, 0.6) is 0 Å². The van der Waals surface area contributed by atoms with Gasteiger partial charge in [-0.2, -0.15) is 0 Å². The van der Waals surface area contributed by atoms with E-state index in [1.807, 2.05) is 18.2 Å². The monoisotopic (exact) mass is 221 g/mol. The van der Waals surface area contributed by atoms with Crippen LogP contribution in [0.15, 0.2) is 24.3 Å². The molecule has 1 atom stereocenters. The number of anilines is 1. The molecule has 16 heavy (non-hydrogen) atoms. The Bertz CT molecular complexity index is 340. The molecule has 2 rings (SSSR count). The minimum atomic E-state index is -0.315. The van der Waals surface area contributed by atoms with Crippen molar-refractivity contribution in [2.24, 2.45) is 0 Å². The molecule has 1 aliphatic rings. The average Bonchev–Trinajstić information content (AvgIpc) is 2.33. The standard InChI is InChI=1S/C13H19NO2/c15-10-4-3-8-14-9-7-13(16)11-5-1-2-6-12(11)14/h1-2,5-6,13,15-16H,3-4,7-10H2. The summed E-state index contributed by atoms with van der Waals surface area (Å²) in [6, 6.07) is 8.05. The van der Waals surface area contributed by atoms with Gasteiger partial charge in [0.25, 0.3) is 0 Å². The molecule has 0 saturated heterocycles. The van der Waals surface area contributed by atoms with Crippen molar-refractivity contribution in [2.75, 3.05) is 24.6 Å². The summed E-state index contributed by atoms with van der Waals surface area (Å²) in [6.07, 6.45) is 2.34. The van der Waals surface area contributed by atoms with Gasteiger partial charge in [0.1, 0.15) is 0 Å². The van der Waals surface area contributed by atoms with Gasteiger partial charge in [0, 0.05) is 30.9 Å². The summed E-state index contributed by atoms with van der Waals surface area (Å²) >= 11 is 0.